The fraction of sp³-hybridized carbons (Fsp3) is 0.625. The van der Waals surface area contributed by atoms with Crippen LogP contribution in [0.2, 0.25) is 0 Å². The maximum atomic E-state index is 12.8. The van der Waals surface area contributed by atoms with Gasteiger partial charge in [-0.05, 0) is 62.3 Å². The molecule has 4 nitrogen and oxygen atoms in total. The van der Waals surface area contributed by atoms with Crippen LogP contribution in [-0.4, -0.2) is 34.0 Å². The Bertz CT molecular complexity index is 567. The van der Waals surface area contributed by atoms with Crippen LogP contribution >= 0.6 is 23.6 Å². The molecule has 0 unspecified atom stereocenters. The fourth-order valence-electron chi connectivity index (χ4n) is 2.99. The van der Waals surface area contributed by atoms with Gasteiger partial charge in [-0.15, -0.1) is 11.3 Å². The average molecular weight is 338 g/mol. The highest BCUT2D eigenvalue weighted by Crippen LogP contribution is 2.31. The van der Waals surface area contributed by atoms with E-state index in [0.29, 0.717) is 23.6 Å². The molecule has 0 bridgehead atoms. The first kappa shape index (κ1) is 15.7. The molecule has 0 radical (unpaired) electrons. The van der Waals surface area contributed by atoms with Gasteiger partial charge in [-0.1, -0.05) is 0 Å². The zero-order valence-electron chi connectivity index (χ0n) is 13.1. The first-order valence-electron chi connectivity index (χ1n) is 7.92. The van der Waals surface area contributed by atoms with Crippen molar-refractivity contribution < 1.29 is 4.79 Å². The van der Waals surface area contributed by atoms with Crippen LogP contribution in [0.4, 0.5) is 0 Å². The van der Waals surface area contributed by atoms with Crippen molar-refractivity contribution in [1.29, 1.82) is 0 Å². The van der Waals surface area contributed by atoms with Crippen molar-refractivity contribution >= 4 is 34.6 Å². The third-order valence-electron chi connectivity index (χ3n) is 4.36. The molecular formula is C16H23N3OS2. The number of rotatable bonds is 5. The van der Waals surface area contributed by atoms with Gasteiger partial charge in [0.2, 0.25) is 5.91 Å². The molecule has 22 heavy (non-hydrogen) atoms. The van der Waals surface area contributed by atoms with Crippen molar-refractivity contribution in [3.8, 4) is 0 Å². The molecule has 120 valence electrons. The predicted octanol–water partition coefficient (Wildman–Crippen LogP) is 2.56. The number of hydrogen-bond donors (Lipinski definition) is 2. The van der Waals surface area contributed by atoms with Crippen LogP contribution in [-0.2, 0) is 11.3 Å². The molecule has 6 heteroatoms. The number of thiophene rings is 1. The molecule has 1 saturated heterocycles. The van der Waals surface area contributed by atoms with E-state index in [9.17, 15) is 4.79 Å². The molecule has 1 aliphatic carbocycles. The minimum Gasteiger partial charge on any atom is -0.360 e. The lowest BCUT2D eigenvalue weighted by Gasteiger charge is -2.32. The molecule has 1 amide bonds. The van der Waals surface area contributed by atoms with E-state index in [-0.39, 0.29) is 11.9 Å². The summed E-state index contributed by atoms with van der Waals surface area (Å²) in [7, 11) is 0. The standard InChI is InChI=1S/C16H23N3OS2/c1-10-5-6-22-14(10)9-19(13-3-4-13)15(20)8-12-7-11(2)17-16(21)18-12/h5-6,11-13H,3-4,7-9H2,1-2H3,(H2,17,18,21)/t11-,12+/m1/s1. The largest absolute Gasteiger partial charge is 0.360 e. The van der Waals surface area contributed by atoms with Crippen LogP contribution < -0.4 is 10.6 Å². The SMILES string of the molecule is Cc1ccsc1CN(C(=O)C[C@@H]1C[C@@H](C)NC(=S)N1)C1CC1. The van der Waals surface area contributed by atoms with Crippen LogP contribution in [0.25, 0.3) is 0 Å². The summed E-state index contributed by atoms with van der Waals surface area (Å²) in [5.74, 6) is 0.254. The molecular weight excluding hydrogens is 314 g/mol. The van der Waals surface area contributed by atoms with Gasteiger partial charge in [0.25, 0.3) is 0 Å². The zero-order valence-corrected chi connectivity index (χ0v) is 14.7. The second-order valence-corrected chi connectivity index (χ2v) is 7.84. The zero-order chi connectivity index (χ0) is 15.7. The van der Waals surface area contributed by atoms with Crippen LogP contribution in [0.5, 0.6) is 0 Å². The van der Waals surface area contributed by atoms with Crippen molar-refractivity contribution in [2.45, 2.75) is 64.2 Å². The van der Waals surface area contributed by atoms with Gasteiger partial charge >= 0.3 is 0 Å². The average Bonchev–Trinajstić information content (AvgIpc) is 3.18. The molecule has 0 spiro atoms. The van der Waals surface area contributed by atoms with Gasteiger partial charge < -0.3 is 15.5 Å². The van der Waals surface area contributed by atoms with Crippen molar-refractivity contribution in [2.75, 3.05) is 0 Å². The maximum Gasteiger partial charge on any atom is 0.225 e. The van der Waals surface area contributed by atoms with Gasteiger partial charge in [-0.25, -0.2) is 0 Å². The van der Waals surface area contributed by atoms with Gasteiger partial charge in [0.05, 0.1) is 6.54 Å². The molecule has 1 aromatic rings. The molecule has 2 atom stereocenters. The number of carbonyl (C=O) groups is 1. The summed E-state index contributed by atoms with van der Waals surface area (Å²) in [5.41, 5.74) is 1.29. The molecule has 2 aliphatic rings. The summed E-state index contributed by atoms with van der Waals surface area (Å²) >= 11 is 6.95. The van der Waals surface area contributed by atoms with Crippen molar-refractivity contribution in [1.82, 2.24) is 15.5 Å². The summed E-state index contributed by atoms with van der Waals surface area (Å²) < 4.78 is 0. The van der Waals surface area contributed by atoms with Gasteiger partial charge in [0.15, 0.2) is 5.11 Å². The Morgan fingerprint density at radius 2 is 2.23 bits per heavy atom. The molecule has 1 aliphatic heterocycles. The van der Waals surface area contributed by atoms with Crippen LogP contribution in [0.3, 0.4) is 0 Å². The van der Waals surface area contributed by atoms with E-state index in [1.165, 1.54) is 10.4 Å². The van der Waals surface area contributed by atoms with E-state index in [1.807, 2.05) is 0 Å². The van der Waals surface area contributed by atoms with E-state index < -0.39 is 0 Å². The second-order valence-electron chi connectivity index (χ2n) is 6.44. The minimum absolute atomic E-state index is 0.155. The number of amides is 1. The molecule has 2 N–H and O–H groups in total. The third kappa shape index (κ3) is 3.79. The highest BCUT2D eigenvalue weighted by molar-refractivity contribution is 7.80. The topological polar surface area (TPSA) is 44.4 Å². The molecule has 1 aromatic heterocycles. The quantitative estimate of drug-likeness (QED) is 0.811. The molecule has 0 aromatic carbocycles. The fourth-order valence-corrected chi connectivity index (χ4v) is 4.26. The lowest BCUT2D eigenvalue weighted by molar-refractivity contribution is -0.132. The normalized spacial score (nSPS) is 24.5. The Hall–Kier alpha value is -1.14. The van der Waals surface area contributed by atoms with Gasteiger partial charge in [-0.3, -0.25) is 4.79 Å². The highest BCUT2D eigenvalue weighted by Gasteiger charge is 2.34. The second kappa shape index (κ2) is 6.54. The number of nitrogens with zero attached hydrogens (tertiary/aromatic N) is 1. The Labute approximate surface area is 141 Å². The summed E-state index contributed by atoms with van der Waals surface area (Å²) in [6.07, 6.45) is 3.75. The number of hydrogen-bond acceptors (Lipinski definition) is 3. The summed E-state index contributed by atoms with van der Waals surface area (Å²) in [6, 6.07) is 3.06. The van der Waals surface area contributed by atoms with E-state index >= 15 is 0 Å². The third-order valence-corrected chi connectivity index (χ3v) is 5.61. The molecule has 2 fully saturated rings. The lowest BCUT2D eigenvalue weighted by atomic mass is 10.0. The number of aryl methyl sites for hydroxylation is 1. The van der Waals surface area contributed by atoms with Gasteiger partial charge in [0, 0.05) is 29.4 Å². The van der Waals surface area contributed by atoms with E-state index in [4.69, 9.17) is 12.2 Å². The molecule has 3 rings (SSSR count). The van der Waals surface area contributed by atoms with E-state index in [0.717, 1.165) is 25.8 Å². The Morgan fingerprint density at radius 3 is 2.82 bits per heavy atom. The van der Waals surface area contributed by atoms with Crippen molar-refractivity contribution in [2.24, 2.45) is 0 Å². The van der Waals surface area contributed by atoms with Gasteiger partial charge in [-0.2, -0.15) is 0 Å². The van der Waals surface area contributed by atoms with Gasteiger partial charge in [0.1, 0.15) is 0 Å². The predicted molar refractivity (Wildman–Crippen MR) is 94.0 cm³/mol. The Morgan fingerprint density at radius 1 is 1.45 bits per heavy atom. The number of carbonyl (C=O) groups excluding carboxylic acids is 1. The first-order valence-corrected chi connectivity index (χ1v) is 9.21. The van der Waals surface area contributed by atoms with Crippen LogP contribution in [0.15, 0.2) is 11.4 Å². The van der Waals surface area contributed by atoms with Crippen LogP contribution in [0, 0.1) is 6.92 Å². The number of nitrogens with one attached hydrogen (secondary N) is 2. The first-order chi connectivity index (χ1) is 10.5. The summed E-state index contributed by atoms with van der Waals surface area (Å²) in [5, 5.41) is 9.20. The monoisotopic (exact) mass is 337 g/mol. The van der Waals surface area contributed by atoms with Crippen molar-refractivity contribution in [3.63, 3.8) is 0 Å². The summed E-state index contributed by atoms with van der Waals surface area (Å²) in [6.45, 7) is 4.99. The van der Waals surface area contributed by atoms with Crippen LogP contribution in [0.1, 0.15) is 43.0 Å². The lowest BCUT2D eigenvalue weighted by Crippen LogP contribution is -2.54. The van der Waals surface area contributed by atoms with E-state index in [1.54, 1.807) is 11.3 Å². The molecule has 2 heterocycles. The van der Waals surface area contributed by atoms with E-state index in [2.05, 4.69) is 40.8 Å². The Kier molecular flexibility index (Phi) is 4.68. The smallest absolute Gasteiger partial charge is 0.225 e. The highest BCUT2D eigenvalue weighted by atomic mass is 32.1. The number of thiocarbonyl (C=S) groups is 1. The minimum atomic E-state index is 0.155. The molecule has 1 saturated carbocycles. The maximum absolute atomic E-state index is 12.8. The van der Waals surface area contributed by atoms with Crippen molar-refractivity contribution in [3.05, 3.63) is 21.9 Å². The summed E-state index contributed by atoms with van der Waals surface area (Å²) in [4.78, 5) is 16.2. The Balaban J connectivity index is 1.63.